The van der Waals surface area contributed by atoms with Crippen molar-refractivity contribution in [3.63, 3.8) is 0 Å². The van der Waals surface area contributed by atoms with Gasteiger partial charge in [0.05, 0.1) is 5.69 Å². The first-order valence-electron chi connectivity index (χ1n) is 7.67. The maximum Gasteiger partial charge on any atom is 0.213 e. The van der Waals surface area contributed by atoms with Gasteiger partial charge in [-0.2, -0.15) is 0 Å². The number of hydrogen-bond acceptors (Lipinski definition) is 3. The molecule has 2 aromatic rings. The lowest BCUT2D eigenvalue weighted by molar-refractivity contribution is 0.103. The van der Waals surface area contributed by atoms with Crippen molar-refractivity contribution in [1.29, 1.82) is 0 Å². The van der Waals surface area contributed by atoms with Gasteiger partial charge >= 0.3 is 0 Å². The summed E-state index contributed by atoms with van der Waals surface area (Å²) >= 11 is 5.84. The van der Waals surface area contributed by atoms with Crippen LogP contribution in [-0.4, -0.2) is 10.8 Å². The molecule has 0 unspecified atom stereocenters. The average molecular weight is 317 g/mol. The Bertz CT molecular complexity index is 638. The van der Waals surface area contributed by atoms with Crippen LogP contribution in [0.5, 0.6) is 0 Å². The quantitative estimate of drug-likeness (QED) is 0.459. The molecule has 0 radical (unpaired) electrons. The van der Waals surface area contributed by atoms with Crippen molar-refractivity contribution < 1.29 is 4.79 Å². The predicted octanol–water partition coefficient (Wildman–Crippen LogP) is 4.67. The number of rotatable bonds is 7. The van der Waals surface area contributed by atoms with E-state index in [2.05, 4.69) is 11.9 Å². The molecule has 0 atom stereocenters. The van der Waals surface area contributed by atoms with Crippen LogP contribution in [0, 0.1) is 0 Å². The molecule has 0 spiro atoms. The Balaban J connectivity index is 2.06. The van der Waals surface area contributed by atoms with Gasteiger partial charge in [0, 0.05) is 5.56 Å². The van der Waals surface area contributed by atoms with Gasteiger partial charge in [0.25, 0.3) is 0 Å². The Morgan fingerprint density at radius 1 is 1.09 bits per heavy atom. The summed E-state index contributed by atoms with van der Waals surface area (Å²) < 4.78 is 0. The molecule has 1 aromatic carbocycles. The van der Waals surface area contributed by atoms with E-state index in [9.17, 15) is 4.79 Å². The highest BCUT2D eigenvalue weighted by molar-refractivity contribution is 6.29. The fourth-order valence-electron chi connectivity index (χ4n) is 2.34. The van der Waals surface area contributed by atoms with Crippen LogP contribution in [0.15, 0.2) is 36.4 Å². The van der Waals surface area contributed by atoms with Gasteiger partial charge in [-0.1, -0.05) is 62.1 Å². The third-order valence-corrected chi connectivity index (χ3v) is 3.85. The highest BCUT2D eigenvalue weighted by Gasteiger charge is 2.14. The van der Waals surface area contributed by atoms with Crippen molar-refractivity contribution in [1.82, 2.24) is 4.98 Å². The molecule has 0 aliphatic heterocycles. The zero-order valence-corrected chi connectivity index (χ0v) is 13.6. The molecule has 0 fully saturated rings. The summed E-state index contributed by atoms with van der Waals surface area (Å²) in [4.78, 5) is 16.5. The highest BCUT2D eigenvalue weighted by atomic mass is 35.5. The number of halogens is 1. The zero-order chi connectivity index (χ0) is 15.9. The van der Waals surface area contributed by atoms with Gasteiger partial charge < -0.3 is 5.73 Å². The molecule has 0 amide bonds. The van der Waals surface area contributed by atoms with Crippen LogP contribution in [-0.2, 0) is 6.42 Å². The Morgan fingerprint density at radius 3 is 2.50 bits per heavy atom. The van der Waals surface area contributed by atoms with E-state index in [4.69, 9.17) is 17.3 Å². The monoisotopic (exact) mass is 316 g/mol. The molecule has 0 bridgehead atoms. The molecule has 0 aliphatic rings. The van der Waals surface area contributed by atoms with Gasteiger partial charge in [-0.25, -0.2) is 4.98 Å². The number of benzene rings is 1. The van der Waals surface area contributed by atoms with Crippen molar-refractivity contribution in [2.45, 2.75) is 39.0 Å². The Hall–Kier alpha value is -1.87. The summed E-state index contributed by atoms with van der Waals surface area (Å²) in [7, 11) is 0. The highest BCUT2D eigenvalue weighted by Crippen LogP contribution is 2.18. The number of pyridine rings is 1. The van der Waals surface area contributed by atoms with Crippen LogP contribution >= 0.6 is 11.6 Å². The summed E-state index contributed by atoms with van der Waals surface area (Å²) in [6.45, 7) is 2.20. The molecule has 22 heavy (non-hydrogen) atoms. The van der Waals surface area contributed by atoms with Gasteiger partial charge in [0.15, 0.2) is 0 Å². The normalized spacial score (nSPS) is 10.6. The van der Waals surface area contributed by atoms with Crippen LogP contribution in [0.4, 0.5) is 5.69 Å². The lowest BCUT2D eigenvalue weighted by Crippen LogP contribution is -2.08. The molecular weight excluding hydrogens is 296 g/mol. The minimum atomic E-state index is -0.197. The molecule has 0 saturated heterocycles. The minimum absolute atomic E-state index is 0.197. The molecule has 0 saturated carbocycles. The number of aromatic nitrogens is 1. The number of nitrogen functional groups attached to an aromatic ring is 1. The number of unbranched alkanes of at least 4 members (excludes halogenated alkanes) is 3. The number of nitrogens with zero attached hydrogens (tertiary/aromatic N) is 1. The number of carbonyl (C=O) groups is 1. The van der Waals surface area contributed by atoms with Crippen molar-refractivity contribution in [2.24, 2.45) is 0 Å². The molecule has 3 nitrogen and oxygen atoms in total. The van der Waals surface area contributed by atoms with Crippen molar-refractivity contribution >= 4 is 23.1 Å². The van der Waals surface area contributed by atoms with Crippen LogP contribution in [0.1, 0.15) is 54.2 Å². The molecule has 1 aromatic heterocycles. The molecule has 4 heteroatoms. The summed E-state index contributed by atoms with van der Waals surface area (Å²) in [6.07, 6.45) is 5.99. The maximum absolute atomic E-state index is 12.4. The van der Waals surface area contributed by atoms with E-state index in [1.165, 1.54) is 31.2 Å². The zero-order valence-electron chi connectivity index (χ0n) is 12.8. The molecule has 1 heterocycles. The summed E-state index contributed by atoms with van der Waals surface area (Å²) in [5.74, 6) is -0.197. The topological polar surface area (TPSA) is 56.0 Å². The van der Waals surface area contributed by atoms with Crippen LogP contribution in [0.3, 0.4) is 0 Å². The standard InChI is InChI=1S/C18H21ClN2O/c1-2-3-4-5-6-13-7-9-14(10-8-13)18(22)17-15(20)11-12-16(19)21-17/h7-12H,2-6,20H2,1H3. The lowest BCUT2D eigenvalue weighted by Gasteiger charge is -2.06. The second-order valence-electron chi connectivity index (χ2n) is 5.41. The van der Waals surface area contributed by atoms with E-state index >= 15 is 0 Å². The number of hydrogen-bond donors (Lipinski definition) is 1. The van der Waals surface area contributed by atoms with E-state index in [0.29, 0.717) is 11.3 Å². The van der Waals surface area contributed by atoms with Crippen LogP contribution < -0.4 is 5.73 Å². The number of carbonyl (C=O) groups excluding carboxylic acids is 1. The van der Waals surface area contributed by atoms with E-state index in [0.717, 1.165) is 6.42 Å². The Morgan fingerprint density at radius 2 is 1.82 bits per heavy atom. The lowest BCUT2D eigenvalue weighted by atomic mass is 10.0. The van der Waals surface area contributed by atoms with E-state index in [1.54, 1.807) is 12.1 Å². The molecule has 2 rings (SSSR count). The molecule has 0 aliphatic carbocycles. The van der Waals surface area contributed by atoms with Crippen LogP contribution in [0.2, 0.25) is 5.15 Å². The number of nitrogens with two attached hydrogens (primary N) is 1. The third-order valence-electron chi connectivity index (χ3n) is 3.64. The number of ketones is 1. The maximum atomic E-state index is 12.4. The summed E-state index contributed by atoms with van der Waals surface area (Å²) in [5.41, 5.74) is 8.20. The second kappa shape index (κ2) is 7.95. The van der Waals surface area contributed by atoms with Gasteiger partial charge in [-0.15, -0.1) is 0 Å². The summed E-state index contributed by atoms with van der Waals surface area (Å²) in [5, 5.41) is 0.269. The number of anilines is 1. The fourth-order valence-corrected chi connectivity index (χ4v) is 2.49. The average Bonchev–Trinajstić information content (AvgIpc) is 2.54. The van der Waals surface area contributed by atoms with Crippen LogP contribution in [0.25, 0.3) is 0 Å². The van der Waals surface area contributed by atoms with E-state index in [-0.39, 0.29) is 16.6 Å². The Kier molecular flexibility index (Phi) is 5.96. The Labute approximate surface area is 136 Å². The smallest absolute Gasteiger partial charge is 0.213 e. The van der Waals surface area contributed by atoms with Gasteiger partial charge in [0.2, 0.25) is 5.78 Å². The SMILES string of the molecule is CCCCCCc1ccc(C(=O)c2nc(Cl)ccc2N)cc1. The number of aryl methyl sites for hydroxylation is 1. The van der Waals surface area contributed by atoms with Crippen molar-refractivity contribution in [2.75, 3.05) is 5.73 Å². The van der Waals surface area contributed by atoms with Gasteiger partial charge in [-0.3, -0.25) is 4.79 Å². The molecule has 2 N–H and O–H groups in total. The fraction of sp³-hybridized carbons (Fsp3) is 0.333. The van der Waals surface area contributed by atoms with Crippen molar-refractivity contribution in [3.05, 3.63) is 58.4 Å². The van der Waals surface area contributed by atoms with E-state index < -0.39 is 0 Å². The molecule has 116 valence electrons. The van der Waals surface area contributed by atoms with Crippen molar-refractivity contribution in [3.8, 4) is 0 Å². The second-order valence-corrected chi connectivity index (χ2v) is 5.80. The predicted molar refractivity (Wildman–Crippen MR) is 91.4 cm³/mol. The first-order chi connectivity index (χ1) is 10.6. The first-order valence-corrected chi connectivity index (χ1v) is 8.05. The van der Waals surface area contributed by atoms with Gasteiger partial charge in [-0.05, 0) is 30.5 Å². The third kappa shape index (κ3) is 4.31. The van der Waals surface area contributed by atoms with Gasteiger partial charge in [0.1, 0.15) is 10.8 Å². The largest absolute Gasteiger partial charge is 0.397 e. The van der Waals surface area contributed by atoms with E-state index in [1.807, 2.05) is 24.3 Å². The molecular formula is C18H21ClN2O. The first kappa shape index (κ1) is 16.5. The minimum Gasteiger partial charge on any atom is -0.397 e. The summed E-state index contributed by atoms with van der Waals surface area (Å²) in [6, 6.07) is 10.8.